The molecular formula is C14H20N2O2S. The summed E-state index contributed by atoms with van der Waals surface area (Å²) in [6.07, 6.45) is 4.62. The lowest BCUT2D eigenvalue weighted by Gasteiger charge is -2.19. The second-order valence-corrected chi connectivity index (χ2v) is 7.32. The third kappa shape index (κ3) is 2.83. The molecule has 2 aliphatic carbocycles. The summed E-state index contributed by atoms with van der Waals surface area (Å²) in [6, 6.07) is 7.12. The van der Waals surface area contributed by atoms with Gasteiger partial charge in [0.25, 0.3) is 0 Å². The molecule has 0 unspecified atom stereocenters. The summed E-state index contributed by atoms with van der Waals surface area (Å²) in [6.45, 7) is 0.245. The standard InChI is InChI=1S/C14H20N2O2S/c15-9-12-3-1-2-4-13(12)19(17,18)16-14(10-5-6-10)11-7-8-11/h1-4,10-11,14,16H,5-9,15H2. The van der Waals surface area contributed by atoms with Crippen molar-refractivity contribution in [3.63, 3.8) is 0 Å². The topological polar surface area (TPSA) is 72.2 Å². The van der Waals surface area contributed by atoms with Gasteiger partial charge in [-0.2, -0.15) is 0 Å². The summed E-state index contributed by atoms with van der Waals surface area (Å²) in [5, 5.41) is 0. The molecule has 4 nitrogen and oxygen atoms in total. The molecule has 1 aromatic rings. The molecule has 3 rings (SSSR count). The fourth-order valence-electron chi connectivity index (χ4n) is 2.67. The molecule has 2 aliphatic rings. The Morgan fingerprint density at radius 1 is 1.16 bits per heavy atom. The number of nitrogens with one attached hydrogen (secondary N) is 1. The first-order chi connectivity index (χ1) is 9.12. The zero-order chi connectivity index (χ0) is 13.5. The van der Waals surface area contributed by atoms with Gasteiger partial charge in [-0.3, -0.25) is 0 Å². The molecule has 2 saturated carbocycles. The highest BCUT2D eigenvalue weighted by molar-refractivity contribution is 7.89. The van der Waals surface area contributed by atoms with E-state index in [-0.39, 0.29) is 12.6 Å². The van der Waals surface area contributed by atoms with Crippen molar-refractivity contribution in [3.8, 4) is 0 Å². The highest BCUT2D eigenvalue weighted by Gasteiger charge is 2.43. The van der Waals surface area contributed by atoms with Crippen LogP contribution in [0.15, 0.2) is 29.2 Å². The van der Waals surface area contributed by atoms with Crippen LogP contribution < -0.4 is 10.5 Å². The van der Waals surface area contributed by atoms with Gasteiger partial charge < -0.3 is 5.73 Å². The Bertz CT molecular complexity index is 551. The van der Waals surface area contributed by atoms with Crippen molar-refractivity contribution >= 4 is 10.0 Å². The fourth-order valence-corrected chi connectivity index (χ4v) is 4.29. The average Bonchev–Trinajstić information content (AvgIpc) is 3.29. The number of hydrogen-bond donors (Lipinski definition) is 2. The van der Waals surface area contributed by atoms with E-state index in [4.69, 9.17) is 5.73 Å². The maximum absolute atomic E-state index is 12.5. The van der Waals surface area contributed by atoms with Crippen LogP contribution in [0.4, 0.5) is 0 Å². The van der Waals surface area contributed by atoms with E-state index in [1.807, 2.05) is 6.07 Å². The Morgan fingerprint density at radius 3 is 2.26 bits per heavy atom. The smallest absolute Gasteiger partial charge is 0.241 e. The molecule has 5 heteroatoms. The predicted molar refractivity (Wildman–Crippen MR) is 73.9 cm³/mol. The number of nitrogens with two attached hydrogens (primary N) is 1. The van der Waals surface area contributed by atoms with Crippen molar-refractivity contribution in [2.24, 2.45) is 17.6 Å². The molecule has 0 atom stereocenters. The Balaban J connectivity index is 1.85. The van der Waals surface area contributed by atoms with Crippen LogP contribution in [0.25, 0.3) is 0 Å². The molecule has 19 heavy (non-hydrogen) atoms. The first-order valence-corrected chi connectivity index (χ1v) is 8.40. The minimum Gasteiger partial charge on any atom is -0.326 e. The van der Waals surface area contributed by atoms with E-state index in [9.17, 15) is 8.42 Å². The van der Waals surface area contributed by atoms with Gasteiger partial charge in [0.2, 0.25) is 10.0 Å². The quantitative estimate of drug-likeness (QED) is 0.831. The van der Waals surface area contributed by atoms with Crippen molar-refractivity contribution < 1.29 is 8.42 Å². The van der Waals surface area contributed by atoms with Crippen LogP contribution in [0.2, 0.25) is 0 Å². The molecule has 3 N–H and O–H groups in total. The molecule has 0 bridgehead atoms. The van der Waals surface area contributed by atoms with Gasteiger partial charge in [0, 0.05) is 12.6 Å². The van der Waals surface area contributed by atoms with Crippen molar-refractivity contribution in [2.45, 2.75) is 43.2 Å². The van der Waals surface area contributed by atoms with E-state index in [2.05, 4.69) is 4.72 Å². The average molecular weight is 280 g/mol. The van der Waals surface area contributed by atoms with Crippen LogP contribution in [-0.4, -0.2) is 14.5 Å². The van der Waals surface area contributed by atoms with Crippen LogP contribution in [0.1, 0.15) is 31.2 Å². The maximum Gasteiger partial charge on any atom is 0.241 e. The molecule has 0 aromatic heterocycles. The summed E-state index contributed by atoms with van der Waals surface area (Å²) in [7, 11) is -3.44. The molecule has 0 saturated heterocycles. The van der Waals surface area contributed by atoms with E-state index in [0.717, 1.165) is 25.7 Å². The SMILES string of the molecule is NCc1ccccc1S(=O)(=O)NC(C1CC1)C1CC1. The summed E-state index contributed by atoms with van der Waals surface area (Å²) < 4.78 is 28.0. The lowest BCUT2D eigenvalue weighted by Crippen LogP contribution is -2.38. The molecule has 0 aliphatic heterocycles. The molecule has 0 radical (unpaired) electrons. The van der Waals surface area contributed by atoms with Gasteiger partial charge in [-0.25, -0.2) is 13.1 Å². The minimum atomic E-state index is -3.44. The third-order valence-electron chi connectivity index (χ3n) is 4.03. The van der Waals surface area contributed by atoms with E-state index in [1.54, 1.807) is 18.2 Å². The van der Waals surface area contributed by atoms with Crippen LogP contribution in [0.3, 0.4) is 0 Å². The van der Waals surface area contributed by atoms with Gasteiger partial charge in [-0.15, -0.1) is 0 Å². The second-order valence-electron chi connectivity index (χ2n) is 5.63. The number of rotatable bonds is 6. The van der Waals surface area contributed by atoms with E-state index < -0.39 is 10.0 Å². The van der Waals surface area contributed by atoms with E-state index in [1.165, 1.54) is 0 Å². The van der Waals surface area contributed by atoms with Crippen LogP contribution >= 0.6 is 0 Å². The molecule has 104 valence electrons. The van der Waals surface area contributed by atoms with Gasteiger partial charge in [-0.05, 0) is 49.1 Å². The predicted octanol–water partition coefficient (Wildman–Crippen LogP) is 1.61. The van der Waals surface area contributed by atoms with Gasteiger partial charge in [0.05, 0.1) is 4.90 Å². The van der Waals surface area contributed by atoms with Crippen LogP contribution in [0.5, 0.6) is 0 Å². The minimum absolute atomic E-state index is 0.135. The zero-order valence-corrected chi connectivity index (χ0v) is 11.7. The Labute approximate surface area is 114 Å². The van der Waals surface area contributed by atoms with Crippen LogP contribution in [0, 0.1) is 11.8 Å². The molecule has 0 heterocycles. The summed E-state index contributed by atoms with van der Waals surface area (Å²) >= 11 is 0. The van der Waals surface area contributed by atoms with Gasteiger partial charge >= 0.3 is 0 Å². The Kier molecular flexibility index (Phi) is 3.37. The van der Waals surface area contributed by atoms with Gasteiger partial charge in [0.1, 0.15) is 0 Å². The molecule has 1 aromatic carbocycles. The van der Waals surface area contributed by atoms with Crippen molar-refractivity contribution in [3.05, 3.63) is 29.8 Å². The summed E-state index contributed by atoms with van der Waals surface area (Å²) in [5.41, 5.74) is 6.31. The number of sulfonamides is 1. The normalized spacial score (nSPS) is 19.9. The van der Waals surface area contributed by atoms with Gasteiger partial charge in [0.15, 0.2) is 0 Å². The van der Waals surface area contributed by atoms with E-state index >= 15 is 0 Å². The highest BCUT2D eigenvalue weighted by Crippen LogP contribution is 2.45. The number of benzene rings is 1. The van der Waals surface area contributed by atoms with Crippen molar-refractivity contribution in [1.82, 2.24) is 4.72 Å². The lowest BCUT2D eigenvalue weighted by atomic mass is 10.1. The highest BCUT2D eigenvalue weighted by atomic mass is 32.2. The Hall–Kier alpha value is -0.910. The van der Waals surface area contributed by atoms with E-state index in [0.29, 0.717) is 22.3 Å². The monoisotopic (exact) mass is 280 g/mol. The summed E-state index contributed by atoms with van der Waals surface area (Å²) in [5.74, 6) is 1.10. The largest absolute Gasteiger partial charge is 0.326 e. The third-order valence-corrected chi connectivity index (χ3v) is 5.59. The van der Waals surface area contributed by atoms with Gasteiger partial charge in [-0.1, -0.05) is 18.2 Å². The van der Waals surface area contributed by atoms with Crippen molar-refractivity contribution in [2.75, 3.05) is 0 Å². The number of hydrogen-bond acceptors (Lipinski definition) is 3. The van der Waals surface area contributed by atoms with Crippen LogP contribution in [-0.2, 0) is 16.6 Å². The second kappa shape index (κ2) is 4.89. The first kappa shape index (κ1) is 13.1. The van der Waals surface area contributed by atoms with Crippen molar-refractivity contribution in [1.29, 1.82) is 0 Å². The summed E-state index contributed by atoms with van der Waals surface area (Å²) in [4.78, 5) is 0.337. The Morgan fingerprint density at radius 2 is 1.74 bits per heavy atom. The maximum atomic E-state index is 12.5. The lowest BCUT2D eigenvalue weighted by molar-refractivity contribution is 0.471. The molecule has 2 fully saturated rings. The molecule has 0 amide bonds. The fraction of sp³-hybridized carbons (Fsp3) is 0.571. The first-order valence-electron chi connectivity index (χ1n) is 6.92. The molecular weight excluding hydrogens is 260 g/mol. The molecule has 0 spiro atoms. The zero-order valence-electron chi connectivity index (χ0n) is 10.9.